The molecule has 1 aliphatic heterocycles. The molecule has 1 unspecified atom stereocenters. The van der Waals surface area contributed by atoms with Gasteiger partial charge in [-0.2, -0.15) is 0 Å². The molecule has 3 rings (SSSR count). The highest BCUT2D eigenvalue weighted by molar-refractivity contribution is 5.49. The molecule has 1 aliphatic rings. The Kier molecular flexibility index (Phi) is 7.94. The van der Waals surface area contributed by atoms with Gasteiger partial charge in [0.15, 0.2) is 0 Å². The van der Waals surface area contributed by atoms with Gasteiger partial charge in [0.05, 0.1) is 12.1 Å². The van der Waals surface area contributed by atoms with Crippen LogP contribution in [0.25, 0.3) is 0 Å². The monoisotopic (exact) mass is 395 g/mol. The number of nitrogens with one attached hydrogen (secondary N) is 2. The minimum absolute atomic E-state index is 0.176. The van der Waals surface area contributed by atoms with E-state index in [0.29, 0.717) is 0 Å². The van der Waals surface area contributed by atoms with E-state index in [-0.39, 0.29) is 12.1 Å². The molecule has 1 saturated heterocycles. The van der Waals surface area contributed by atoms with Crippen LogP contribution in [0.3, 0.4) is 0 Å². The van der Waals surface area contributed by atoms with E-state index in [9.17, 15) is 4.79 Å². The van der Waals surface area contributed by atoms with E-state index in [1.807, 2.05) is 36.9 Å². The molecule has 2 aromatic carbocycles. The normalized spacial score (nSPS) is 16.7. The number of benzene rings is 2. The Morgan fingerprint density at radius 2 is 2.00 bits per heavy atom. The lowest BCUT2D eigenvalue weighted by molar-refractivity contribution is -0.121. The quantitative estimate of drug-likeness (QED) is 0.464. The van der Waals surface area contributed by atoms with Gasteiger partial charge in [-0.25, -0.2) is 0 Å². The smallest absolute Gasteiger partial charge is 0.210 e. The first-order chi connectivity index (χ1) is 14.2. The number of rotatable bonds is 10. The van der Waals surface area contributed by atoms with Crippen molar-refractivity contribution in [3.8, 4) is 5.75 Å². The van der Waals surface area contributed by atoms with Crippen LogP contribution in [-0.4, -0.2) is 37.0 Å². The van der Waals surface area contributed by atoms with Gasteiger partial charge in [0.1, 0.15) is 5.75 Å². The maximum atomic E-state index is 11.4. The molecular formula is C24H33N3O2. The van der Waals surface area contributed by atoms with Gasteiger partial charge in [-0.1, -0.05) is 30.3 Å². The Morgan fingerprint density at radius 3 is 2.83 bits per heavy atom. The van der Waals surface area contributed by atoms with Crippen molar-refractivity contribution in [2.45, 2.75) is 51.8 Å². The number of anilines is 1. The largest absolute Gasteiger partial charge is 0.491 e. The molecule has 5 nitrogen and oxygen atoms in total. The van der Waals surface area contributed by atoms with Crippen LogP contribution in [0, 0.1) is 0 Å². The Bertz CT molecular complexity index is 778. The predicted octanol–water partition coefficient (Wildman–Crippen LogP) is 4.36. The molecule has 1 atom stereocenters. The van der Waals surface area contributed by atoms with Crippen LogP contribution < -0.4 is 15.4 Å². The predicted molar refractivity (Wildman–Crippen MR) is 118 cm³/mol. The van der Waals surface area contributed by atoms with Crippen LogP contribution in [0.5, 0.6) is 5.75 Å². The number of piperidine rings is 1. The molecule has 2 N–H and O–H groups in total. The average Bonchev–Trinajstić information content (AvgIpc) is 2.73. The Balaban J connectivity index is 1.44. The van der Waals surface area contributed by atoms with Crippen LogP contribution >= 0.6 is 0 Å². The third-order valence-electron chi connectivity index (χ3n) is 5.18. The number of likely N-dealkylation sites (tertiary alicyclic amines) is 1. The highest BCUT2D eigenvalue weighted by Crippen LogP contribution is 2.30. The summed E-state index contributed by atoms with van der Waals surface area (Å²) in [6.07, 6.45) is 4.53. The summed E-state index contributed by atoms with van der Waals surface area (Å²) >= 11 is 0. The van der Waals surface area contributed by atoms with E-state index < -0.39 is 0 Å². The first-order valence-electron chi connectivity index (χ1n) is 10.7. The summed E-state index contributed by atoms with van der Waals surface area (Å²) in [6, 6.07) is 16.9. The topological polar surface area (TPSA) is 53.6 Å². The number of hydrogen-bond acceptors (Lipinski definition) is 4. The van der Waals surface area contributed by atoms with Gasteiger partial charge in [-0.3, -0.25) is 4.79 Å². The minimum Gasteiger partial charge on any atom is -0.491 e. The number of nitrogens with zero attached hydrogens (tertiary/aromatic N) is 1. The van der Waals surface area contributed by atoms with Crippen LogP contribution in [0.2, 0.25) is 0 Å². The van der Waals surface area contributed by atoms with Crippen molar-refractivity contribution in [2.24, 2.45) is 0 Å². The fourth-order valence-electron chi connectivity index (χ4n) is 3.83. The molecule has 1 heterocycles. The van der Waals surface area contributed by atoms with Gasteiger partial charge in [-0.05, 0) is 56.4 Å². The second kappa shape index (κ2) is 10.9. The Labute approximate surface area is 174 Å². The molecule has 1 amide bonds. The second-order valence-corrected chi connectivity index (χ2v) is 7.90. The molecule has 156 valence electrons. The summed E-state index contributed by atoms with van der Waals surface area (Å²) in [7, 11) is 0. The second-order valence-electron chi connectivity index (χ2n) is 7.90. The zero-order valence-corrected chi connectivity index (χ0v) is 17.6. The standard InChI is InChI=1S/C24H33N3O2/c1-19(2)29-23-10-6-9-22(16-23)26-13-12-25-17-20-7-5-8-21(15-20)24-11-3-4-14-27(24)18-28/h5-10,15-16,18-19,24-26H,3-4,11-14,17H2,1-2H3. The summed E-state index contributed by atoms with van der Waals surface area (Å²) in [5.41, 5.74) is 3.57. The lowest BCUT2D eigenvalue weighted by Gasteiger charge is -2.33. The van der Waals surface area contributed by atoms with Crippen LogP contribution in [0.15, 0.2) is 48.5 Å². The zero-order chi connectivity index (χ0) is 20.5. The van der Waals surface area contributed by atoms with Crippen molar-refractivity contribution >= 4 is 12.1 Å². The Hall–Kier alpha value is -2.53. The first kappa shape index (κ1) is 21.2. The highest BCUT2D eigenvalue weighted by atomic mass is 16.5. The molecule has 0 bridgehead atoms. The minimum atomic E-state index is 0.176. The van der Waals surface area contributed by atoms with Gasteiger partial charge < -0.3 is 20.3 Å². The van der Waals surface area contributed by atoms with Crippen LogP contribution in [0.4, 0.5) is 5.69 Å². The van der Waals surface area contributed by atoms with Crippen molar-refractivity contribution < 1.29 is 9.53 Å². The molecule has 29 heavy (non-hydrogen) atoms. The number of ether oxygens (including phenoxy) is 1. The molecule has 0 saturated carbocycles. The molecule has 5 heteroatoms. The molecule has 0 radical (unpaired) electrons. The van der Waals surface area contributed by atoms with Gasteiger partial charge in [0, 0.05) is 37.9 Å². The van der Waals surface area contributed by atoms with Crippen molar-refractivity contribution in [3.63, 3.8) is 0 Å². The van der Waals surface area contributed by atoms with Crippen LogP contribution in [-0.2, 0) is 11.3 Å². The van der Waals surface area contributed by atoms with E-state index in [1.54, 1.807) is 0 Å². The van der Waals surface area contributed by atoms with Gasteiger partial charge in [-0.15, -0.1) is 0 Å². The summed E-state index contributed by atoms with van der Waals surface area (Å²) < 4.78 is 5.74. The lowest BCUT2D eigenvalue weighted by Crippen LogP contribution is -2.32. The SMILES string of the molecule is CC(C)Oc1cccc(NCCNCc2cccc(C3CCCCN3C=O)c2)c1. The molecule has 1 fully saturated rings. The average molecular weight is 396 g/mol. The van der Waals surface area contributed by atoms with Gasteiger partial charge in [0.25, 0.3) is 0 Å². The maximum Gasteiger partial charge on any atom is 0.210 e. The highest BCUT2D eigenvalue weighted by Gasteiger charge is 2.22. The van der Waals surface area contributed by atoms with E-state index in [2.05, 4.69) is 41.0 Å². The van der Waals surface area contributed by atoms with Gasteiger partial charge in [0.2, 0.25) is 6.41 Å². The third-order valence-corrected chi connectivity index (χ3v) is 5.18. The number of hydrogen-bond donors (Lipinski definition) is 2. The number of amides is 1. The number of carbonyl (C=O) groups excluding carboxylic acids is 1. The zero-order valence-electron chi connectivity index (χ0n) is 17.6. The first-order valence-corrected chi connectivity index (χ1v) is 10.7. The number of carbonyl (C=O) groups is 1. The van der Waals surface area contributed by atoms with E-state index in [0.717, 1.165) is 56.9 Å². The fraction of sp³-hybridized carbons (Fsp3) is 0.458. The Morgan fingerprint density at radius 1 is 1.14 bits per heavy atom. The molecule has 0 aliphatic carbocycles. The van der Waals surface area contributed by atoms with Crippen molar-refractivity contribution in [2.75, 3.05) is 25.0 Å². The van der Waals surface area contributed by atoms with Crippen molar-refractivity contribution in [1.29, 1.82) is 0 Å². The molecule has 0 spiro atoms. The fourth-order valence-corrected chi connectivity index (χ4v) is 3.83. The van der Waals surface area contributed by atoms with E-state index in [1.165, 1.54) is 17.5 Å². The molecule has 2 aromatic rings. The van der Waals surface area contributed by atoms with Crippen LogP contribution in [0.1, 0.15) is 50.3 Å². The summed E-state index contributed by atoms with van der Waals surface area (Å²) in [5.74, 6) is 0.891. The van der Waals surface area contributed by atoms with Crippen molar-refractivity contribution in [1.82, 2.24) is 10.2 Å². The maximum absolute atomic E-state index is 11.4. The molecular weight excluding hydrogens is 362 g/mol. The van der Waals surface area contributed by atoms with E-state index in [4.69, 9.17) is 4.74 Å². The third kappa shape index (κ3) is 6.50. The summed E-state index contributed by atoms with van der Waals surface area (Å²) in [5, 5.41) is 6.93. The lowest BCUT2D eigenvalue weighted by atomic mass is 9.94. The van der Waals surface area contributed by atoms with E-state index >= 15 is 0 Å². The van der Waals surface area contributed by atoms with Gasteiger partial charge >= 0.3 is 0 Å². The summed E-state index contributed by atoms with van der Waals surface area (Å²) in [4.78, 5) is 13.3. The van der Waals surface area contributed by atoms with Crippen molar-refractivity contribution in [3.05, 3.63) is 59.7 Å². The molecule has 0 aromatic heterocycles. The summed E-state index contributed by atoms with van der Waals surface area (Å²) in [6.45, 7) is 7.45.